The zero-order chi connectivity index (χ0) is 10.7. The molecule has 3 nitrogen and oxygen atoms in total. The molecule has 3 heteroatoms. The van der Waals surface area contributed by atoms with Gasteiger partial charge < -0.3 is 10.3 Å². The summed E-state index contributed by atoms with van der Waals surface area (Å²) in [4.78, 5) is 4.40. The highest BCUT2D eigenvalue weighted by molar-refractivity contribution is 4.94. The van der Waals surface area contributed by atoms with E-state index in [-0.39, 0.29) is 0 Å². The lowest BCUT2D eigenvalue weighted by Gasteiger charge is -2.30. The van der Waals surface area contributed by atoms with Crippen LogP contribution >= 0.6 is 0 Å². The maximum absolute atomic E-state index is 5.83. The molecule has 0 bridgehead atoms. The van der Waals surface area contributed by atoms with E-state index in [1.165, 1.54) is 31.5 Å². The standard InChI is InChI=1S/C12H21N3/c1-15-7-6-14-12(15)8-10-4-2-3-5-11(10)9-13/h6-7,10-11H,2-5,8-9,13H2,1H3. The van der Waals surface area contributed by atoms with Crippen LogP contribution in [0.5, 0.6) is 0 Å². The Labute approximate surface area is 91.7 Å². The molecule has 0 aliphatic heterocycles. The monoisotopic (exact) mass is 207 g/mol. The third kappa shape index (κ3) is 2.40. The molecule has 1 aromatic heterocycles. The second kappa shape index (κ2) is 4.79. The van der Waals surface area contributed by atoms with Crippen molar-refractivity contribution in [2.75, 3.05) is 6.54 Å². The van der Waals surface area contributed by atoms with Gasteiger partial charge in [0.15, 0.2) is 0 Å². The largest absolute Gasteiger partial charge is 0.338 e. The Morgan fingerprint density at radius 3 is 2.73 bits per heavy atom. The Bertz CT molecular complexity index is 306. The van der Waals surface area contributed by atoms with Crippen LogP contribution in [-0.4, -0.2) is 16.1 Å². The molecule has 1 fully saturated rings. The highest BCUT2D eigenvalue weighted by Crippen LogP contribution is 2.31. The highest BCUT2D eigenvalue weighted by Gasteiger charge is 2.24. The molecule has 15 heavy (non-hydrogen) atoms. The van der Waals surface area contributed by atoms with E-state index in [4.69, 9.17) is 5.73 Å². The van der Waals surface area contributed by atoms with Gasteiger partial charge in [0, 0.05) is 25.9 Å². The van der Waals surface area contributed by atoms with E-state index < -0.39 is 0 Å². The van der Waals surface area contributed by atoms with Gasteiger partial charge in [-0.15, -0.1) is 0 Å². The fourth-order valence-electron chi connectivity index (χ4n) is 2.69. The zero-order valence-corrected chi connectivity index (χ0v) is 9.52. The van der Waals surface area contributed by atoms with Crippen LogP contribution in [0.4, 0.5) is 0 Å². The van der Waals surface area contributed by atoms with Crippen LogP contribution in [0, 0.1) is 11.8 Å². The Morgan fingerprint density at radius 2 is 2.13 bits per heavy atom. The normalized spacial score (nSPS) is 26.8. The number of nitrogens with zero attached hydrogens (tertiary/aromatic N) is 2. The third-order valence-corrected chi connectivity index (χ3v) is 3.73. The molecule has 2 N–H and O–H groups in total. The number of imidazole rings is 1. The van der Waals surface area contributed by atoms with Crippen LogP contribution in [0.1, 0.15) is 31.5 Å². The lowest BCUT2D eigenvalue weighted by atomic mass is 9.77. The maximum Gasteiger partial charge on any atom is 0.108 e. The van der Waals surface area contributed by atoms with E-state index in [2.05, 4.69) is 16.6 Å². The molecule has 0 saturated heterocycles. The second-order valence-electron chi connectivity index (χ2n) is 4.70. The maximum atomic E-state index is 5.83. The second-order valence-corrected chi connectivity index (χ2v) is 4.70. The van der Waals surface area contributed by atoms with Crippen LogP contribution in [0.15, 0.2) is 12.4 Å². The molecule has 2 unspecified atom stereocenters. The number of nitrogens with two attached hydrogens (primary N) is 1. The average Bonchev–Trinajstić information content (AvgIpc) is 2.65. The first-order valence-corrected chi connectivity index (χ1v) is 5.97. The first-order valence-electron chi connectivity index (χ1n) is 5.97. The minimum absolute atomic E-state index is 0.718. The fourth-order valence-corrected chi connectivity index (χ4v) is 2.69. The average molecular weight is 207 g/mol. The van der Waals surface area contributed by atoms with Crippen LogP contribution in [-0.2, 0) is 13.5 Å². The highest BCUT2D eigenvalue weighted by atomic mass is 15.0. The van der Waals surface area contributed by atoms with Gasteiger partial charge in [0.2, 0.25) is 0 Å². The lowest BCUT2D eigenvalue weighted by molar-refractivity contribution is 0.238. The van der Waals surface area contributed by atoms with Crippen LogP contribution < -0.4 is 5.73 Å². The summed E-state index contributed by atoms with van der Waals surface area (Å²) in [5, 5.41) is 0. The van der Waals surface area contributed by atoms with E-state index in [1.807, 2.05) is 12.4 Å². The topological polar surface area (TPSA) is 43.8 Å². The quantitative estimate of drug-likeness (QED) is 0.820. The van der Waals surface area contributed by atoms with Gasteiger partial charge in [0.25, 0.3) is 0 Å². The SMILES string of the molecule is Cn1ccnc1CC1CCCCC1CN. The molecule has 1 aliphatic carbocycles. The zero-order valence-electron chi connectivity index (χ0n) is 9.52. The van der Waals surface area contributed by atoms with Gasteiger partial charge in [0.05, 0.1) is 0 Å². The van der Waals surface area contributed by atoms with Crippen molar-refractivity contribution in [2.45, 2.75) is 32.1 Å². The molecule has 1 aromatic rings. The van der Waals surface area contributed by atoms with Gasteiger partial charge >= 0.3 is 0 Å². The van der Waals surface area contributed by atoms with Crippen molar-refractivity contribution in [3.63, 3.8) is 0 Å². The number of aromatic nitrogens is 2. The van der Waals surface area contributed by atoms with Gasteiger partial charge in [-0.1, -0.05) is 12.8 Å². The molecule has 0 amide bonds. The summed E-state index contributed by atoms with van der Waals surface area (Å²) < 4.78 is 2.13. The first kappa shape index (κ1) is 10.7. The van der Waals surface area contributed by atoms with Crippen molar-refractivity contribution in [3.05, 3.63) is 18.2 Å². The van der Waals surface area contributed by atoms with Crippen molar-refractivity contribution in [3.8, 4) is 0 Å². The predicted octanol–water partition coefficient (Wildman–Crippen LogP) is 1.73. The van der Waals surface area contributed by atoms with E-state index in [9.17, 15) is 0 Å². The molecule has 2 atom stereocenters. The minimum Gasteiger partial charge on any atom is -0.338 e. The van der Waals surface area contributed by atoms with Gasteiger partial charge in [-0.25, -0.2) is 4.98 Å². The summed E-state index contributed by atoms with van der Waals surface area (Å²) in [5.41, 5.74) is 5.83. The van der Waals surface area contributed by atoms with Crippen LogP contribution in [0.25, 0.3) is 0 Å². The van der Waals surface area contributed by atoms with Crippen molar-refractivity contribution < 1.29 is 0 Å². The predicted molar refractivity (Wildman–Crippen MR) is 61.4 cm³/mol. The van der Waals surface area contributed by atoms with Crippen LogP contribution in [0.3, 0.4) is 0 Å². The lowest BCUT2D eigenvalue weighted by Crippen LogP contribution is -2.28. The Morgan fingerprint density at radius 1 is 1.40 bits per heavy atom. The number of aryl methyl sites for hydroxylation is 1. The van der Waals surface area contributed by atoms with Crippen molar-refractivity contribution in [2.24, 2.45) is 24.6 Å². The fraction of sp³-hybridized carbons (Fsp3) is 0.750. The molecule has 0 aromatic carbocycles. The van der Waals surface area contributed by atoms with Crippen molar-refractivity contribution >= 4 is 0 Å². The number of hydrogen-bond donors (Lipinski definition) is 1. The molecule has 1 aliphatic rings. The van der Waals surface area contributed by atoms with E-state index in [1.54, 1.807) is 0 Å². The molecule has 1 saturated carbocycles. The summed E-state index contributed by atoms with van der Waals surface area (Å²) >= 11 is 0. The van der Waals surface area contributed by atoms with Gasteiger partial charge in [-0.3, -0.25) is 0 Å². The van der Waals surface area contributed by atoms with E-state index in [0.717, 1.165) is 24.8 Å². The first-order chi connectivity index (χ1) is 7.31. The Kier molecular flexibility index (Phi) is 3.41. The summed E-state index contributed by atoms with van der Waals surface area (Å²) in [6.45, 7) is 0.842. The number of hydrogen-bond acceptors (Lipinski definition) is 2. The smallest absolute Gasteiger partial charge is 0.108 e. The molecule has 84 valence electrons. The van der Waals surface area contributed by atoms with Crippen molar-refractivity contribution in [1.82, 2.24) is 9.55 Å². The van der Waals surface area contributed by atoms with Gasteiger partial charge in [-0.2, -0.15) is 0 Å². The molecular formula is C12H21N3. The molecular weight excluding hydrogens is 186 g/mol. The van der Waals surface area contributed by atoms with Gasteiger partial charge in [0.1, 0.15) is 5.82 Å². The Hall–Kier alpha value is -0.830. The molecule has 1 heterocycles. The molecule has 0 spiro atoms. The summed E-state index contributed by atoms with van der Waals surface area (Å²) in [5.74, 6) is 2.68. The van der Waals surface area contributed by atoms with Gasteiger partial charge in [-0.05, 0) is 31.2 Å². The minimum atomic E-state index is 0.718. The van der Waals surface area contributed by atoms with E-state index >= 15 is 0 Å². The van der Waals surface area contributed by atoms with Crippen LogP contribution in [0.2, 0.25) is 0 Å². The molecule has 0 radical (unpaired) electrons. The van der Waals surface area contributed by atoms with E-state index in [0.29, 0.717) is 0 Å². The Balaban J connectivity index is 2.00. The van der Waals surface area contributed by atoms with Crippen molar-refractivity contribution in [1.29, 1.82) is 0 Å². The summed E-state index contributed by atoms with van der Waals surface area (Å²) in [6, 6.07) is 0. The molecule has 2 rings (SSSR count). The third-order valence-electron chi connectivity index (χ3n) is 3.73. The summed E-state index contributed by atoms with van der Waals surface area (Å²) in [7, 11) is 2.07. The summed E-state index contributed by atoms with van der Waals surface area (Å²) in [6.07, 6.45) is 10.4. The number of rotatable bonds is 3.